The molecule has 2 bridgehead atoms. The summed E-state index contributed by atoms with van der Waals surface area (Å²) in [5, 5.41) is 9.07. The summed E-state index contributed by atoms with van der Waals surface area (Å²) < 4.78 is 46.1. The molecule has 3 aliphatic heterocycles. The average molecular weight is 495 g/mol. The molecule has 2 aromatic carbocycles. The lowest BCUT2D eigenvalue weighted by Gasteiger charge is -2.49. The molecule has 3 saturated heterocycles. The SMILES string of the molecule is N#Cc1ccc(N2C(=O)[C@@H]3C4[C@H]5C[C@H]5C(CN4C(=O)OCc4ccccc4)[C@@H]3C2=O)cc1C(F)(F)F. The zero-order valence-corrected chi connectivity index (χ0v) is 18.8. The van der Waals surface area contributed by atoms with Crippen LogP contribution in [0.25, 0.3) is 0 Å². The van der Waals surface area contributed by atoms with Gasteiger partial charge in [-0.25, -0.2) is 9.69 Å². The fourth-order valence-electron chi connectivity index (χ4n) is 6.45. The quantitative estimate of drug-likeness (QED) is 0.601. The van der Waals surface area contributed by atoms with Gasteiger partial charge in [0, 0.05) is 6.54 Å². The van der Waals surface area contributed by atoms with Gasteiger partial charge in [-0.1, -0.05) is 30.3 Å². The number of rotatable bonds is 3. The van der Waals surface area contributed by atoms with Crippen molar-refractivity contribution in [3.8, 4) is 6.07 Å². The van der Waals surface area contributed by atoms with Gasteiger partial charge < -0.3 is 9.64 Å². The predicted octanol–water partition coefficient (Wildman–Crippen LogP) is 3.97. The van der Waals surface area contributed by atoms with Gasteiger partial charge in [0.25, 0.3) is 0 Å². The number of halogens is 3. The number of fused-ring (bicyclic) bond motifs is 1. The van der Waals surface area contributed by atoms with Crippen molar-refractivity contribution in [1.29, 1.82) is 5.26 Å². The van der Waals surface area contributed by atoms with Crippen LogP contribution in [-0.4, -0.2) is 35.4 Å². The van der Waals surface area contributed by atoms with Gasteiger partial charge in [0.1, 0.15) is 6.61 Å². The van der Waals surface area contributed by atoms with Gasteiger partial charge in [0.05, 0.1) is 40.8 Å². The third kappa shape index (κ3) is 3.29. The molecule has 0 radical (unpaired) electrons. The maximum Gasteiger partial charge on any atom is 0.417 e. The molecule has 2 aromatic rings. The van der Waals surface area contributed by atoms with E-state index in [1.807, 2.05) is 30.3 Å². The minimum Gasteiger partial charge on any atom is -0.445 e. The van der Waals surface area contributed by atoms with Gasteiger partial charge in [0.2, 0.25) is 11.8 Å². The molecular weight excluding hydrogens is 475 g/mol. The van der Waals surface area contributed by atoms with Crippen LogP contribution in [0.4, 0.5) is 23.7 Å². The van der Waals surface area contributed by atoms with Gasteiger partial charge in [-0.15, -0.1) is 0 Å². The van der Waals surface area contributed by atoms with Crippen LogP contribution in [0.1, 0.15) is 23.1 Å². The summed E-state index contributed by atoms with van der Waals surface area (Å²) in [6.07, 6.45) is -4.57. The zero-order chi connectivity index (χ0) is 25.4. The van der Waals surface area contributed by atoms with Gasteiger partial charge in [-0.2, -0.15) is 18.4 Å². The number of anilines is 1. The van der Waals surface area contributed by atoms with Crippen LogP contribution in [0.15, 0.2) is 48.5 Å². The smallest absolute Gasteiger partial charge is 0.417 e. The lowest BCUT2D eigenvalue weighted by atomic mass is 9.66. The van der Waals surface area contributed by atoms with E-state index in [-0.39, 0.29) is 36.6 Å². The van der Waals surface area contributed by atoms with E-state index in [0.717, 1.165) is 23.0 Å². The number of amides is 3. The molecule has 6 atom stereocenters. The van der Waals surface area contributed by atoms with E-state index in [0.29, 0.717) is 6.07 Å². The monoisotopic (exact) mass is 495 g/mol. The van der Waals surface area contributed by atoms with Crippen molar-refractivity contribution in [3.05, 3.63) is 65.2 Å². The van der Waals surface area contributed by atoms with Crippen molar-refractivity contribution in [2.75, 3.05) is 11.4 Å². The first-order chi connectivity index (χ1) is 17.2. The Morgan fingerprint density at radius 2 is 1.75 bits per heavy atom. The van der Waals surface area contributed by atoms with Gasteiger partial charge in [0.15, 0.2) is 0 Å². The molecule has 184 valence electrons. The number of imide groups is 1. The number of ether oxygens (including phenoxy) is 1. The summed E-state index contributed by atoms with van der Waals surface area (Å²) >= 11 is 0. The molecule has 2 unspecified atom stereocenters. The molecule has 7 nitrogen and oxygen atoms in total. The Hall–Kier alpha value is -3.87. The van der Waals surface area contributed by atoms with E-state index >= 15 is 0 Å². The molecule has 0 aromatic heterocycles. The Bertz CT molecular complexity index is 1320. The number of alkyl halides is 3. The Morgan fingerprint density at radius 1 is 1.03 bits per heavy atom. The number of hydrogen-bond donors (Lipinski definition) is 0. The summed E-state index contributed by atoms with van der Waals surface area (Å²) in [7, 11) is 0. The normalized spacial score (nSPS) is 30.1. The van der Waals surface area contributed by atoms with Gasteiger partial charge in [-0.05, 0) is 47.9 Å². The van der Waals surface area contributed by atoms with Crippen molar-refractivity contribution < 1.29 is 32.3 Å². The molecule has 5 fully saturated rings. The van der Waals surface area contributed by atoms with Gasteiger partial charge in [-0.3, -0.25) is 9.59 Å². The molecule has 2 saturated carbocycles. The maximum atomic E-state index is 13.5. The van der Waals surface area contributed by atoms with E-state index in [9.17, 15) is 27.6 Å². The molecule has 10 heteroatoms. The molecule has 3 heterocycles. The Kier molecular flexibility index (Phi) is 4.90. The van der Waals surface area contributed by atoms with E-state index in [1.54, 1.807) is 0 Å². The molecule has 3 amide bonds. The molecule has 7 rings (SSSR count). The van der Waals surface area contributed by atoms with E-state index in [4.69, 9.17) is 10.00 Å². The maximum absolute atomic E-state index is 13.5. The zero-order valence-electron chi connectivity index (χ0n) is 18.8. The standard InChI is InChI=1S/C26H20F3N3O4/c27-26(28,29)19-8-15(7-6-14(19)10-30)32-23(33)20-18-11-31(22(17-9-16(17)18)21(20)24(32)34)25(35)36-12-13-4-2-1-3-5-13/h1-8,16-18,20-22H,9,11-12H2/t16-,17+,18?,20+,21+,22?/m1/s1. The number of piperidine rings is 2. The lowest BCUT2D eigenvalue weighted by molar-refractivity contribution is -0.138. The Balaban J connectivity index is 1.29. The van der Waals surface area contributed by atoms with Crippen molar-refractivity contribution in [2.24, 2.45) is 29.6 Å². The number of carbonyl (C=O) groups is 3. The van der Waals surface area contributed by atoms with Crippen LogP contribution in [0.5, 0.6) is 0 Å². The third-order valence-electron chi connectivity index (χ3n) is 8.00. The summed E-state index contributed by atoms with van der Waals surface area (Å²) in [5.74, 6) is -2.64. The summed E-state index contributed by atoms with van der Waals surface area (Å²) in [5.41, 5.74) is -1.18. The van der Waals surface area contributed by atoms with Crippen LogP contribution in [0.2, 0.25) is 0 Å². The second-order valence-corrected chi connectivity index (χ2v) is 9.81. The number of carbonyl (C=O) groups excluding carboxylic acids is 3. The van der Waals surface area contributed by atoms with Crippen LogP contribution >= 0.6 is 0 Å². The molecular formula is C26H20F3N3O4. The van der Waals surface area contributed by atoms with Crippen molar-refractivity contribution in [2.45, 2.75) is 25.2 Å². The van der Waals surface area contributed by atoms with Gasteiger partial charge >= 0.3 is 12.3 Å². The highest BCUT2D eigenvalue weighted by atomic mass is 19.4. The first kappa shape index (κ1) is 22.6. The van der Waals surface area contributed by atoms with Crippen molar-refractivity contribution in [3.63, 3.8) is 0 Å². The highest BCUT2D eigenvalue weighted by Crippen LogP contribution is 2.64. The number of hydrogen-bond acceptors (Lipinski definition) is 5. The predicted molar refractivity (Wildman–Crippen MR) is 118 cm³/mol. The highest BCUT2D eigenvalue weighted by molar-refractivity contribution is 6.22. The summed E-state index contributed by atoms with van der Waals surface area (Å²) in [4.78, 5) is 42.4. The van der Waals surface area contributed by atoms with Crippen LogP contribution in [-0.2, 0) is 27.1 Å². The van der Waals surface area contributed by atoms with Crippen molar-refractivity contribution >= 4 is 23.6 Å². The minimum absolute atomic E-state index is 0.0673. The molecule has 0 spiro atoms. The number of benzene rings is 2. The van der Waals surface area contributed by atoms with Crippen LogP contribution < -0.4 is 4.90 Å². The molecule has 2 aliphatic carbocycles. The molecule has 36 heavy (non-hydrogen) atoms. The summed E-state index contributed by atoms with van der Waals surface area (Å²) in [6.45, 7) is 0.342. The molecule has 0 N–H and O–H groups in total. The largest absolute Gasteiger partial charge is 0.445 e. The average Bonchev–Trinajstić information content (AvgIpc) is 3.64. The number of nitriles is 1. The highest BCUT2D eigenvalue weighted by Gasteiger charge is 2.72. The van der Waals surface area contributed by atoms with E-state index in [1.165, 1.54) is 17.0 Å². The van der Waals surface area contributed by atoms with Crippen LogP contribution in [0.3, 0.4) is 0 Å². The van der Waals surface area contributed by atoms with E-state index < -0.39 is 53.1 Å². The minimum atomic E-state index is -4.82. The van der Waals surface area contributed by atoms with Crippen LogP contribution in [0, 0.1) is 40.9 Å². The molecule has 5 aliphatic rings. The van der Waals surface area contributed by atoms with Crippen molar-refractivity contribution in [1.82, 2.24) is 4.90 Å². The summed E-state index contributed by atoms with van der Waals surface area (Å²) in [6, 6.07) is 13.0. The number of nitrogens with zero attached hydrogens (tertiary/aromatic N) is 3. The topological polar surface area (TPSA) is 90.7 Å². The van der Waals surface area contributed by atoms with E-state index in [2.05, 4.69) is 0 Å². The second-order valence-electron chi connectivity index (χ2n) is 9.81. The Labute approximate surface area is 204 Å². The lowest BCUT2D eigenvalue weighted by Crippen LogP contribution is -2.61. The second kappa shape index (κ2) is 7.82. The first-order valence-electron chi connectivity index (χ1n) is 11.7. The Morgan fingerprint density at radius 3 is 2.44 bits per heavy atom. The fraction of sp³-hybridized carbons (Fsp3) is 0.385. The fourth-order valence-corrected chi connectivity index (χ4v) is 6.45. The first-order valence-corrected chi connectivity index (χ1v) is 11.7. The third-order valence-corrected chi connectivity index (χ3v) is 8.00.